The van der Waals surface area contributed by atoms with Gasteiger partial charge in [0, 0.05) is 24.9 Å². The molecule has 0 aromatic rings. The number of primary amides is 1. The van der Waals surface area contributed by atoms with Crippen LogP contribution in [-0.4, -0.2) is 41.0 Å². The molecule has 5 N–H and O–H groups in total. The highest BCUT2D eigenvalue weighted by Crippen LogP contribution is 2.00. The van der Waals surface area contributed by atoms with Gasteiger partial charge in [0.25, 0.3) is 0 Å². The second kappa shape index (κ2) is 7.73. The quantitative estimate of drug-likeness (QED) is 0.479. The number of amides is 2. The van der Waals surface area contributed by atoms with E-state index in [1.807, 2.05) is 20.8 Å². The molecule has 0 saturated heterocycles. The highest BCUT2D eigenvalue weighted by Gasteiger charge is 2.20. The zero-order valence-corrected chi connectivity index (χ0v) is 11.7. The first kappa shape index (κ1) is 17.4. The van der Waals surface area contributed by atoms with Gasteiger partial charge >= 0.3 is 5.97 Å². The van der Waals surface area contributed by atoms with E-state index in [0.29, 0.717) is 6.54 Å². The first-order valence-electron chi connectivity index (χ1n) is 6.17. The van der Waals surface area contributed by atoms with E-state index in [0.717, 1.165) is 0 Å². The molecular weight excluding hydrogens is 250 g/mol. The Morgan fingerprint density at radius 3 is 2.21 bits per heavy atom. The molecule has 0 aliphatic rings. The standard InChI is InChI=1S/C12H23N3O4/c1-12(2,3)14-7-6-10(17)15-8(11(18)19)4-5-9(13)16/h8,14H,4-7H2,1-3H3,(H2,13,16)(H,15,17)(H,18,19)/t8-/m0/s1. The Hall–Kier alpha value is -1.63. The molecule has 0 unspecified atom stereocenters. The van der Waals surface area contributed by atoms with Crippen molar-refractivity contribution in [1.82, 2.24) is 10.6 Å². The van der Waals surface area contributed by atoms with E-state index in [4.69, 9.17) is 10.8 Å². The number of hydrogen-bond donors (Lipinski definition) is 4. The molecule has 110 valence electrons. The lowest BCUT2D eigenvalue weighted by atomic mass is 10.1. The molecule has 0 aliphatic carbocycles. The molecule has 0 aliphatic heterocycles. The zero-order chi connectivity index (χ0) is 15.1. The van der Waals surface area contributed by atoms with Crippen molar-refractivity contribution in [2.24, 2.45) is 5.73 Å². The van der Waals surface area contributed by atoms with Crippen LogP contribution in [0.2, 0.25) is 0 Å². The summed E-state index contributed by atoms with van der Waals surface area (Å²) in [5, 5.41) is 14.4. The van der Waals surface area contributed by atoms with Crippen LogP contribution in [0.1, 0.15) is 40.0 Å². The summed E-state index contributed by atoms with van der Waals surface area (Å²) in [6, 6.07) is -1.07. The largest absolute Gasteiger partial charge is 0.480 e. The predicted molar refractivity (Wildman–Crippen MR) is 70.4 cm³/mol. The Bertz CT molecular complexity index is 336. The van der Waals surface area contributed by atoms with Crippen LogP contribution in [0.3, 0.4) is 0 Å². The van der Waals surface area contributed by atoms with Crippen LogP contribution in [0, 0.1) is 0 Å². The first-order valence-corrected chi connectivity index (χ1v) is 6.17. The van der Waals surface area contributed by atoms with E-state index in [-0.39, 0.29) is 30.7 Å². The number of rotatable bonds is 8. The van der Waals surface area contributed by atoms with Crippen LogP contribution in [0.4, 0.5) is 0 Å². The van der Waals surface area contributed by atoms with Crippen LogP contribution in [0.5, 0.6) is 0 Å². The second-order valence-corrected chi connectivity index (χ2v) is 5.39. The summed E-state index contributed by atoms with van der Waals surface area (Å²) < 4.78 is 0. The number of carbonyl (C=O) groups excluding carboxylic acids is 2. The van der Waals surface area contributed by atoms with Gasteiger partial charge in [-0.2, -0.15) is 0 Å². The highest BCUT2D eigenvalue weighted by molar-refractivity contribution is 5.84. The summed E-state index contributed by atoms with van der Waals surface area (Å²) in [5.74, 6) is -2.12. The SMILES string of the molecule is CC(C)(C)NCCC(=O)N[C@@H](CCC(N)=O)C(=O)O. The number of carbonyl (C=O) groups is 3. The maximum atomic E-state index is 11.6. The molecule has 2 amide bonds. The molecule has 7 nitrogen and oxygen atoms in total. The summed E-state index contributed by atoms with van der Waals surface area (Å²) >= 11 is 0. The maximum Gasteiger partial charge on any atom is 0.326 e. The molecule has 0 fully saturated rings. The number of carboxylic acid groups (broad SMARTS) is 1. The minimum absolute atomic E-state index is 0.00308. The smallest absolute Gasteiger partial charge is 0.326 e. The van der Waals surface area contributed by atoms with Crippen LogP contribution >= 0.6 is 0 Å². The minimum atomic E-state index is -1.17. The molecule has 0 radical (unpaired) electrons. The Balaban J connectivity index is 4.10. The normalized spacial score (nSPS) is 12.8. The van der Waals surface area contributed by atoms with Crippen molar-refractivity contribution in [2.75, 3.05) is 6.54 Å². The van der Waals surface area contributed by atoms with Crippen molar-refractivity contribution in [3.63, 3.8) is 0 Å². The number of nitrogens with one attached hydrogen (secondary N) is 2. The van der Waals surface area contributed by atoms with Gasteiger partial charge in [-0.15, -0.1) is 0 Å². The lowest BCUT2D eigenvalue weighted by Crippen LogP contribution is -2.43. The van der Waals surface area contributed by atoms with E-state index in [2.05, 4.69) is 10.6 Å². The average molecular weight is 273 g/mol. The van der Waals surface area contributed by atoms with Crippen LogP contribution in [-0.2, 0) is 14.4 Å². The molecule has 0 heterocycles. The van der Waals surface area contributed by atoms with Crippen molar-refractivity contribution in [3.05, 3.63) is 0 Å². The zero-order valence-electron chi connectivity index (χ0n) is 11.7. The molecule has 19 heavy (non-hydrogen) atoms. The fraction of sp³-hybridized carbons (Fsp3) is 0.750. The Morgan fingerprint density at radius 2 is 1.79 bits per heavy atom. The van der Waals surface area contributed by atoms with Gasteiger partial charge < -0.3 is 21.5 Å². The molecule has 0 saturated carbocycles. The molecule has 7 heteroatoms. The average Bonchev–Trinajstić information content (AvgIpc) is 2.21. The molecule has 0 bridgehead atoms. The van der Waals surface area contributed by atoms with Gasteiger partial charge in [0.1, 0.15) is 6.04 Å². The number of aliphatic carboxylic acids is 1. The van der Waals surface area contributed by atoms with Crippen molar-refractivity contribution in [1.29, 1.82) is 0 Å². The Labute approximate surface area is 112 Å². The van der Waals surface area contributed by atoms with Crippen molar-refractivity contribution in [3.8, 4) is 0 Å². The summed E-state index contributed by atoms with van der Waals surface area (Å²) in [6.45, 7) is 6.37. The van der Waals surface area contributed by atoms with Gasteiger partial charge in [0.15, 0.2) is 0 Å². The van der Waals surface area contributed by atoms with Gasteiger partial charge in [-0.25, -0.2) is 4.79 Å². The van der Waals surface area contributed by atoms with Crippen LogP contribution in [0.25, 0.3) is 0 Å². The third kappa shape index (κ3) is 10.0. The lowest BCUT2D eigenvalue weighted by Gasteiger charge is -2.20. The third-order valence-electron chi connectivity index (χ3n) is 2.32. The van der Waals surface area contributed by atoms with Gasteiger partial charge in [-0.1, -0.05) is 0 Å². The van der Waals surface area contributed by atoms with Crippen LogP contribution in [0.15, 0.2) is 0 Å². The first-order chi connectivity index (χ1) is 8.61. The van der Waals surface area contributed by atoms with Gasteiger partial charge in [0.2, 0.25) is 11.8 Å². The van der Waals surface area contributed by atoms with Gasteiger partial charge in [-0.05, 0) is 27.2 Å². The topological polar surface area (TPSA) is 122 Å². The summed E-state index contributed by atoms with van der Waals surface area (Å²) in [5.41, 5.74) is 4.85. The van der Waals surface area contributed by atoms with E-state index >= 15 is 0 Å². The monoisotopic (exact) mass is 273 g/mol. The van der Waals surface area contributed by atoms with Crippen LogP contribution < -0.4 is 16.4 Å². The van der Waals surface area contributed by atoms with E-state index in [1.54, 1.807) is 0 Å². The molecule has 1 atom stereocenters. The number of carboxylic acids is 1. The molecule has 0 rings (SSSR count). The van der Waals surface area contributed by atoms with Gasteiger partial charge in [0.05, 0.1) is 0 Å². The molecule has 0 spiro atoms. The highest BCUT2D eigenvalue weighted by atomic mass is 16.4. The minimum Gasteiger partial charge on any atom is -0.480 e. The molecule has 0 aromatic heterocycles. The Kier molecular flexibility index (Phi) is 7.06. The maximum absolute atomic E-state index is 11.6. The van der Waals surface area contributed by atoms with Crippen molar-refractivity contribution < 1.29 is 19.5 Å². The predicted octanol–water partition coefficient (Wildman–Crippen LogP) is -0.400. The summed E-state index contributed by atoms with van der Waals surface area (Å²) in [4.78, 5) is 33.1. The Morgan fingerprint density at radius 1 is 1.21 bits per heavy atom. The number of hydrogen-bond acceptors (Lipinski definition) is 4. The third-order valence-corrected chi connectivity index (χ3v) is 2.32. The molecular formula is C12H23N3O4. The van der Waals surface area contributed by atoms with E-state index < -0.39 is 17.9 Å². The van der Waals surface area contributed by atoms with Gasteiger partial charge in [-0.3, -0.25) is 9.59 Å². The van der Waals surface area contributed by atoms with Crippen molar-refractivity contribution >= 4 is 17.8 Å². The summed E-state index contributed by atoms with van der Waals surface area (Å²) in [6.07, 6.45) is 0.109. The lowest BCUT2D eigenvalue weighted by molar-refractivity contribution is -0.142. The summed E-state index contributed by atoms with van der Waals surface area (Å²) in [7, 11) is 0. The van der Waals surface area contributed by atoms with E-state index in [1.165, 1.54) is 0 Å². The molecule has 0 aromatic carbocycles. The fourth-order valence-corrected chi connectivity index (χ4v) is 1.36. The second-order valence-electron chi connectivity index (χ2n) is 5.39. The number of nitrogens with two attached hydrogens (primary N) is 1. The fourth-order valence-electron chi connectivity index (χ4n) is 1.36. The van der Waals surface area contributed by atoms with Crippen molar-refractivity contribution in [2.45, 2.75) is 51.6 Å². The van der Waals surface area contributed by atoms with E-state index in [9.17, 15) is 14.4 Å².